The summed E-state index contributed by atoms with van der Waals surface area (Å²) in [6.07, 6.45) is -0.878. The molecule has 1 rings (SSSR count). The molecule has 0 aliphatic heterocycles. The largest absolute Gasteiger partial charge is 0.479 e. The maximum atomic E-state index is 13.6. The fourth-order valence-corrected chi connectivity index (χ4v) is 1.58. The lowest BCUT2D eigenvalue weighted by atomic mass is 10.1. The van der Waals surface area contributed by atoms with Crippen LogP contribution in [0.1, 0.15) is 38.4 Å². The summed E-state index contributed by atoms with van der Waals surface area (Å²) in [4.78, 5) is 10.9. The van der Waals surface area contributed by atoms with Crippen LogP contribution in [-0.2, 0) is 4.79 Å². The molecule has 0 aromatic heterocycles. The van der Waals surface area contributed by atoms with Crippen LogP contribution >= 0.6 is 0 Å². The summed E-state index contributed by atoms with van der Waals surface area (Å²) in [6.45, 7) is 3.30. The third kappa shape index (κ3) is 3.70. The molecule has 5 heteroatoms. The molecule has 4 nitrogen and oxygen atoms in total. The molecule has 0 spiro atoms. The molecule has 0 saturated carbocycles. The number of carboxylic acids is 1. The second kappa shape index (κ2) is 6.35. The number of halogens is 1. The third-order valence-electron chi connectivity index (χ3n) is 2.53. The predicted molar refractivity (Wildman–Crippen MR) is 64.0 cm³/mol. The van der Waals surface area contributed by atoms with Gasteiger partial charge in [-0.1, -0.05) is 13.3 Å². The zero-order valence-corrected chi connectivity index (χ0v) is 10.4. The average molecular weight is 256 g/mol. The number of hydrogen-bond acceptors (Lipinski definition) is 3. The number of carbonyl (C=O) groups is 1. The molecule has 2 unspecified atom stereocenters. The summed E-state index contributed by atoms with van der Waals surface area (Å²) >= 11 is 0. The summed E-state index contributed by atoms with van der Waals surface area (Å²) in [5, 5.41) is 18.2. The van der Waals surface area contributed by atoms with Crippen LogP contribution in [0, 0.1) is 5.82 Å². The number of ether oxygens (including phenoxy) is 1. The summed E-state index contributed by atoms with van der Waals surface area (Å²) in [5.74, 6) is -1.53. The van der Waals surface area contributed by atoms with E-state index in [0.29, 0.717) is 12.8 Å². The molecule has 0 amide bonds. The highest BCUT2D eigenvalue weighted by molar-refractivity contribution is 5.72. The Balaban J connectivity index is 2.84. The molecule has 0 saturated heterocycles. The van der Waals surface area contributed by atoms with Gasteiger partial charge in [-0.15, -0.1) is 0 Å². The molecule has 1 aromatic rings. The number of aliphatic hydroxyl groups is 1. The van der Waals surface area contributed by atoms with Gasteiger partial charge in [0, 0.05) is 11.6 Å². The first-order chi connectivity index (χ1) is 8.45. The highest BCUT2D eigenvalue weighted by Gasteiger charge is 2.19. The topological polar surface area (TPSA) is 66.8 Å². The molecule has 0 bridgehead atoms. The van der Waals surface area contributed by atoms with E-state index < -0.39 is 24.0 Å². The SMILES string of the molecule is CCCC(Oc1ccc(C(C)O)c(F)c1)C(=O)O. The van der Waals surface area contributed by atoms with Crippen molar-refractivity contribution >= 4 is 5.97 Å². The smallest absolute Gasteiger partial charge is 0.344 e. The van der Waals surface area contributed by atoms with Crippen LogP contribution in [0.25, 0.3) is 0 Å². The van der Waals surface area contributed by atoms with Gasteiger partial charge in [-0.05, 0) is 25.5 Å². The summed E-state index contributed by atoms with van der Waals surface area (Å²) in [5.41, 5.74) is 0.157. The Morgan fingerprint density at radius 1 is 1.50 bits per heavy atom. The number of rotatable bonds is 6. The van der Waals surface area contributed by atoms with Crippen molar-refractivity contribution in [2.24, 2.45) is 0 Å². The molecule has 2 atom stereocenters. The van der Waals surface area contributed by atoms with Gasteiger partial charge in [-0.3, -0.25) is 0 Å². The Kier molecular flexibility index (Phi) is 5.09. The number of aliphatic hydroxyl groups excluding tert-OH is 1. The second-order valence-electron chi connectivity index (χ2n) is 4.09. The molecule has 0 aliphatic carbocycles. The molecular formula is C13H17FO4. The van der Waals surface area contributed by atoms with Gasteiger partial charge in [-0.2, -0.15) is 0 Å². The van der Waals surface area contributed by atoms with Crippen molar-refractivity contribution in [3.8, 4) is 5.75 Å². The van der Waals surface area contributed by atoms with Gasteiger partial charge >= 0.3 is 5.97 Å². The van der Waals surface area contributed by atoms with Crippen LogP contribution in [-0.4, -0.2) is 22.3 Å². The quantitative estimate of drug-likeness (QED) is 0.820. The van der Waals surface area contributed by atoms with Gasteiger partial charge in [0.1, 0.15) is 11.6 Å². The van der Waals surface area contributed by atoms with E-state index in [1.54, 1.807) is 0 Å². The van der Waals surface area contributed by atoms with Crippen molar-refractivity contribution in [1.29, 1.82) is 0 Å². The Hall–Kier alpha value is -1.62. The third-order valence-corrected chi connectivity index (χ3v) is 2.53. The summed E-state index contributed by atoms with van der Waals surface area (Å²) in [6, 6.07) is 3.94. The van der Waals surface area contributed by atoms with Crippen molar-refractivity contribution < 1.29 is 24.1 Å². The zero-order chi connectivity index (χ0) is 13.7. The summed E-state index contributed by atoms with van der Waals surface area (Å²) < 4.78 is 18.8. The van der Waals surface area contributed by atoms with Crippen LogP contribution in [0.3, 0.4) is 0 Å². The molecule has 0 aliphatic rings. The molecule has 0 fully saturated rings. The minimum atomic E-state index is -1.07. The van der Waals surface area contributed by atoms with Crippen LogP contribution < -0.4 is 4.74 Å². The van der Waals surface area contributed by atoms with Gasteiger partial charge in [0.05, 0.1) is 6.10 Å². The molecule has 18 heavy (non-hydrogen) atoms. The molecule has 0 heterocycles. The van der Waals surface area contributed by atoms with E-state index in [-0.39, 0.29) is 11.3 Å². The monoisotopic (exact) mass is 256 g/mol. The van der Waals surface area contributed by atoms with E-state index in [4.69, 9.17) is 9.84 Å². The van der Waals surface area contributed by atoms with Crippen molar-refractivity contribution in [2.75, 3.05) is 0 Å². The van der Waals surface area contributed by atoms with Crippen LogP contribution in [0.15, 0.2) is 18.2 Å². The van der Waals surface area contributed by atoms with Gasteiger partial charge < -0.3 is 14.9 Å². The van der Waals surface area contributed by atoms with Crippen LogP contribution in [0.4, 0.5) is 4.39 Å². The first-order valence-corrected chi connectivity index (χ1v) is 5.82. The molecule has 1 aromatic carbocycles. The molecule has 2 N–H and O–H groups in total. The van der Waals surface area contributed by atoms with Gasteiger partial charge in [0.15, 0.2) is 6.10 Å². The van der Waals surface area contributed by atoms with Crippen molar-refractivity contribution in [3.63, 3.8) is 0 Å². The highest BCUT2D eigenvalue weighted by atomic mass is 19.1. The lowest BCUT2D eigenvalue weighted by Gasteiger charge is -2.15. The number of carboxylic acid groups (broad SMARTS) is 1. The fourth-order valence-electron chi connectivity index (χ4n) is 1.58. The standard InChI is InChI=1S/C13H17FO4/c1-3-4-12(13(16)17)18-9-5-6-10(8(2)15)11(14)7-9/h5-8,12,15H,3-4H2,1-2H3,(H,16,17). The predicted octanol–water partition coefficient (Wildman–Crippen LogP) is 2.51. The van der Waals surface area contributed by atoms with E-state index in [1.165, 1.54) is 19.1 Å². The van der Waals surface area contributed by atoms with Gasteiger partial charge in [-0.25, -0.2) is 9.18 Å². The molecule has 0 radical (unpaired) electrons. The first-order valence-electron chi connectivity index (χ1n) is 5.82. The van der Waals surface area contributed by atoms with E-state index in [9.17, 15) is 14.3 Å². The number of aliphatic carboxylic acids is 1. The Morgan fingerprint density at radius 3 is 2.61 bits per heavy atom. The minimum Gasteiger partial charge on any atom is -0.479 e. The van der Waals surface area contributed by atoms with Crippen molar-refractivity contribution in [2.45, 2.75) is 38.9 Å². The average Bonchev–Trinajstić information content (AvgIpc) is 2.27. The maximum absolute atomic E-state index is 13.6. The highest BCUT2D eigenvalue weighted by Crippen LogP contribution is 2.23. The van der Waals surface area contributed by atoms with Crippen molar-refractivity contribution in [3.05, 3.63) is 29.6 Å². The van der Waals surface area contributed by atoms with Gasteiger partial charge in [0.2, 0.25) is 0 Å². The lowest BCUT2D eigenvalue weighted by Crippen LogP contribution is -2.26. The molecular weight excluding hydrogens is 239 g/mol. The summed E-state index contributed by atoms with van der Waals surface area (Å²) in [7, 11) is 0. The van der Waals surface area contributed by atoms with E-state index >= 15 is 0 Å². The second-order valence-corrected chi connectivity index (χ2v) is 4.09. The molecule has 100 valence electrons. The minimum absolute atomic E-state index is 0.151. The van der Waals surface area contributed by atoms with E-state index in [2.05, 4.69) is 0 Å². The fraction of sp³-hybridized carbons (Fsp3) is 0.462. The Morgan fingerprint density at radius 2 is 2.17 bits per heavy atom. The van der Waals surface area contributed by atoms with E-state index in [0.717, 1.165) is 6.07 Å². The Labute approximate surface area is 105 Å². The lowest BCUT2D eigenvalue weighted by molar-refractivity contribution is -0.145. The van der Waals surface area contributed by atoms with Gasteiger partial charge in [0.25, 0.3) is 0 Å². The van der Waals surface area contributed by atoms with Crippen molar-refractivity contribution in [1.82, 2.24) is 0 Å². The van der Waals surface area contributed by atoms with Crippen LogP contribution in [0.5, 0.6) is 5.75 Å². The maximum Gasteiger partial charge on any atom is 0.344 e. The zero-order valence-electron chi connectivity index (χ0n) is 10.4. The van der Waals surface area contributed by atoms with Crippen LogP contribution in [0.2, 0.25) is 0 Å². The first kappa shape index (κ1) is 14.4. The normalized spacial score (nSPS) is 14.0. The Bertz CT molecular complexity index is 417. The number of benzene rings is 1. The number of hydrogen-bond donors (Lipinski definition) is 2. The van der Waals surface area contributed by atoms with E-state index in [1.807, 2.05) is 6.92 Å².